The van der Waals surface area contributed by atoms with E-state index in [4.69, 9.17) is 4.42 Å². The molecule has 1 aromatic rings. The Morgan fingerprint density at radius 1 is 1.50 bits per heavy atom. The van der Waals surface area contributed by atoms with E-state index in [1.807, 2.05) is 25.6 Å². The van der Waals surface area contributed by atoms with Crippen LogP contribution in [0.25, 0.3) is 0 Å². The van der Waals surface area contributed by atoms with Gasteiger partial charge in [0, 0.05) is 29.2 Å². The fraction of sp³-hybridized carbons (Fsp3) is 0.636. The van der Waals surface area contributed by atoms with Gasteiger partial charge in [-0.15, -0.1) is 0 Å². The van der Waals surface area contributed by atoms with Gasteiger partial charge in [0.25, 0.3) is 0 Å². The first-order valence-electron chi connectivity index (χ1n) is 5.07. The van der Waals surface area contributed by atoms with Gasteiger partial charge in [-0.2, -0.15) is 11.8 Å². The molecule has 1 N–H and O–H groups in total. The van der Waals surface area contributed by atoms with Crippen molar-refractivity contribution < 1.29 is 4.42 Å². The molecule has 0 saturated carbocycles. The first-order chi connectivity index (χ1) is 6.66. The van der Waals surface area contributed by atoms with Crippen molar-refractivity contribution in [3.63, 3.8) is 0 Å². The molecule has 1 unspecified atom stereocenters. The molecule has 1 fully saturated rings. The van der Waals surface area contributed by atoms with Gasteiger partial charge < -0.3 is 9.73 Å². The summed E-state index contributed by atoms with van der Waals surface area (Å²) in [5, 5.41) is 3.61. The van der Waals surface area contributed by atoms with Crippen LogP contribution in [0.4, 0.5) is 0 Å². The molecule has 0 bridgehead atoms. The van der Waals surface area contributed by atoms with Crippen molar-refractivity contribution in [1.29, 1.82) is 0 Å². The minimum atomic E-state index is 0.415. The van der Waals surface area contributed by atoms with E-state index in [9.17, 15) is 0 Å². The van der Waals surface area contributed by atoms with Gasteiger partial charge in [-0.3, -0.25) is 0 Å². The highest BCUT2D eigenvalue weighted by molar-refractivity contribution is 8.00. The van der Waals surface area contributed by atoms with Crippen LogP contribution < -0.4 is 5.32 Å². The van der Waals surface area contributed by atoms with Gasteiger partial charge in [-0.1, -0.05) is 0 Å². The van der Waals surface area contributed by atoms with E-state index < -0.39 is 0 Å². The standard InChI is InChI=1S/C11H17NOS/c1-7-4-11(9(3)13-7)8(2)12-10-5-14-6-10/h4,8,10,12H,5-6H2,1-3H3. The Balaban J connectivity index is 2.02. The van der Waals surface area contributed by atoms with E-state index in [1.165, 1.54) is 17.1 Å². The Morgan fingerprint density at radius 3 is 2.64 bits per heavy atom. The zero-order valence-corrected chi connectivity index (χ0v) is 9.78. The lowest BCUT2D eigenvalue weighted by atomic mass is 10.1. The molecular weight excluding hydrogens is 194 g/mol. The lowest BCUT2D eigenvalue weighted by molar-refractivity contribution is 0.473. The van der Waals surface area contributed by atoms with E-state index in [0.717, 1.165) is 11.5 Å². The largest absolute Gasteiger partial charge is 0.466 e. The smallest absolute Gasteiger partial charge is 0.105 e. The highest BCUT2D eigenvalue weighted by atomic mass is 32.2. The highest BCUT2D eigenvalue weighted by Gasteiger charge is 2.21. The van der Waals surface area contributed by atoms with Crippen LogP contribution in [0.2, 0.25) is 0 Å². The lowest BCUT2D eigenvalue weighted by Crippen LogP contribution is -2.41. The molecule has 0 radical (unpaired) electrons. The topological polar surface area (TPSA) is 25.2 Å². The van der Waals surface area contributed by atoms with Crippen LogP contribution in [0.1, 0.15) is 30.0 Å². The summed E-state index contributed by atoms with van der Waals surface area (Å²) in [4.78, 5) is 0. The summed E-state index contributed by atoms with van der Waals surface area (Å²) >= 11 is 2.01. The fourth-order valence-electron chi connectivity index (χ4n) is 1.86. The summed E-state index contributed by atoms with van der Waals surface area (Å²) in [5.74, 6) is 4.56. The third kappa shape index (κ3) is 1.98. The maximum Gasteiger partial charge on any atom is 0.105 e. The van der Waals surface area contributed by atoms with Crippen LogP contribution in [0.3, 0.4) is 0 Å². The minimum absolute atomic E-state index is 0.415. The second kappa shape index (κ2) is 3.99. The second-order valence-corrected chi connectivity index (χ2v) is 5.07. The summed E-state index contributed by atoms with van der Waals surface area (Å²) in [6.45, 7) is 6.25. The zero-order valence-electron chi connectivity index (χ0n) is 8.96. The van der Waals surface area contributed by atoms with Gasteiger partial charge >= 0.3 is 0 Å². The molecule has 2 rings (SSSR count). The van der Waals surface area contributed by atoms with Crippen LogP contribution in [0.5, 0.6) is 0 Å². The molecule has 1 saturated heterocycles. The second-order valence-electron chi connectivity index (χ2n) is 3.99. The number of aryl methyl sites for hydroxylation is 2. The molecule has 1 aromatic heterocycles. The number of hydrogen-bond acceptors (Lipinski definition) is 3. The van der Waals surface area contributed by atoms with Gasteiger partial charge in [0.15, 0.2) is 0 Å². The molecule has 3 heteroatoms. The highest BCUT2D eigenvalue weighted by Crippen LogP contribution is 2.25. The first kappa shape index (κ1) is 10.1. The summed E-state index contributed by atoms with van der Waals surface area (Å²) in [7, 11) is 0. The monoisotopic (exact) mass is 211 g/mol. The van der Waals surface area contributed by atoms with Crippen molar-refractivity contribution in [2.24, 2.45) is 0 Å². The summed E-state index contributed by atoms with van der Waals surface area (Å²) < 4.78 is 5.52. The van der Waals surface area contributed by atoms with Crippen LogP contribution in [-0.4, -0.2) is 17.5 Å². The van der Waals surface area contributed by atoms with Gasteiger partial charge in [0.1, 0.15) is 11.5 Å². The fourth-order valence-corrected chi connectivity index (χ4v) is 2.52. The van der Waals surface area contributed by atoms with E-state index in [-0.39, 0.29) is 0 Å². The van der Waals surface area contributed by atoms with Gasteiger partial charge in [0.2, 0.25) is 0 Å². The van der Waals surface area contributed by atoms with Crippen LogP contribution in [0, 0.1) is 13.8 Å². The maximum atomic E-state index is 5.52. The van der Waals surface area contributed by atoms with E-state index in [2.05, 4.69) is 18.3 Å². The Labute approximate surface area is 89.4 Å². The number of rotatable bonds is 3. The molecule has 2 heterocycles. The number of thioether (sulfide) groups is 1. The molecule has 1 aliphatic rings. The Morgan fingerprint density at radius 2 is 2.21 bits per heavy atom. The van der Waals surface area contributed by atoms with Crippen molar-refractivity contribution in [3.8, 4) is 0 Å². The Bertz CT molecular complexity index is 317. The average molecular weight is 211 g/mol. The van der Waals surface area contributed by atoms with E-state index in [1.54, 1.807) is 0 Å². The molecule has 0 amide bonds. The summed E-state index contributed by atoms with van der Waals surface area (Å²) in [6, 6.07) is 3.25. The Kier molecular flexibility index (Phi) is 2.88. The first-order valence-corrected chi connectivity index (χ1v) is 6.23. The maximum absolute atomic E-state index is 5.52. The molecule has 14 heavy (non-hydrogen) atoms. The summed E-state index contributed by atoms with van der Waals surface area (Å²) in [6.07, 6.45) is 0. The molecule has 0 spiro atoms. The lowest BCUT2D eigenvalue weighted by Gasteiger charge is -2.29. The quantitative estimate of drug-likeness (QED) is 0.832. The van der Waals surface area contributed by atoms with Crippen molar-refractivity contribution >= 4 is 11.8 Å². The van der Waals surface area contributed by atoms with Gasteiger partial charge in [0.05, 0.1) is 0 Å². The minimum Gasteiger partial charge on any atom is -0.466 e. The third-order valence-corrected chi connectivity index (χ3v) is 3.95. The third-order valence-electron chi connectivity index (χ3n) is 2.67. The SMILES string of the molecule is Cc1cc(C(C)NC2CSC2)c(C)o1. The van der Waals surface area contributed by atoms with E-state index >= 15 is 0 Å². The predicted molar refractivity (Wildman–Crippen MR) is 60.8 cm³/mol. The zero-order chi connectivity index (χ0) is 10.1. The molecule has 2 nitrogen and oxygen atoms in total. The van der Waals surface area contributed by atoms with Gasteiger partial charge in [-0.25, -0.2) is 0 Å². The molecule has 1 atom stereocenters. The number of nitrogens with one attached hydrogen (secondary N) is 1. The number of furan rings is 1. The molecule has 1 aliphatic heterocycles. The van der Waals surface area contributed by atoms with Crippen LogP contribution in [0.15, 0.2) is 10.5 Å². The molecule has 78 valence electrons. The van der Waals surface area contributed by atoms with Crippen LogP contribution >= 0.6 is 11.8 Å². The molecule has 0 aliphatic carbocycles. The van der Waals surface area contributed by atoms with Crippen molar-refractivity contribution in [2.75, 3.05) is 11.5 Å². The Hall–Kier alpha value is -0.410. The van der Waals surface area contributed by atoms with Crippen molar-refractivity contribution in [2.45, 2.75) is 32.9 Å². The number of hydrogen-bond donors (Lipinski definition) is 1. The predicted octanol–water partition coefficient (Wildman–Crippen LogP) is 2.66. The molecular formula is C11H17NOS. The normalized spacial score (nSPS) is 19.4. The molecule has 0 aromatic carbocycles. The van der Waals surface area contributed by atoms with Crippen molar-refractivity contribution in [1.82, 2.24) is 5.32 Å². The van der Waals surface area contributed by atoms with Gasteiger partial charge in [-0.05, 0) is 26.8 Å². The average Bonchev–Trinajstić information content (AvgIpc) is 2.37. The summed E-state index contributed by atoms with van der Waals surface area (Å²) in [5.41, 5.74) is 1.31. The van der Waals surface area contributed by atoms with Crippen LogP contribution in [-0.2, 0) is 0 Å². The van der Waals surface area contributed by atoms with Crippen molar-refractivity contribution in [3.05, 3.63) is 23.2 Å². The van der Waals surface area contributed by atoms with E-state index in [0.29, 0.717) is 12.1 Å².